The van der Waals surface area contributed by atoms with E-state index in [1.807, 2.05) is 48.5 Å². The number of amides is 1. The Morgan fingerprint density at radius 3 is 2.62 bits per heavy atom. The highest BCUT2D eigenvalue weighted by Crippen LogP contribution is 2.23. The van der Waals surface area contributed by atoms with Gasteiger partial charge < -0.3 is 14.4 Å². The molecular formula is C21H22N2O3. The molecule has 1 N–H and O–H groups in total. The van der Waals surface area contributed by atoms with E-state index in [2.05, 4.69) is 17.0 Å². The Morgan fingerprint density at radius 1 is 1.08 bits per heavy atom. The van der Waals surface area contributed by atoms with Crippen LogP contribution < -0.4 is 0 Å². The molecule has 1 aliphatic heterocycles. The lowest BCUT2D eigenvalue weighted by Gasteiger charge is -2.39. The molecule has 0 aliphatic carbocycles. The number of furan rings is 1. The Kier molecular flexibility index (Phi) is 4.63. The minimum atomic E-state index is -0.856. The third-order valence-electron chi connectivity index (χ3n) is 4.97. The zero-order valence-corrected chi connectivity index (χ0v) is 14.5. The third kappa shape index (κ3) is 3.58. The summed E-state index contributed by atoms with van der Waals surface area (Å²) < 4.78 is 5.91. The second-order valence-corrected chi connectivity index (χ2v) is 6.81. The van der Waals surface area contributed by atoms with Crippen molar-refractivity contribution >= 4 is 17.1 Å². The molecule has 1 atom stereocenters. The molecule has 0 spiro atoms. The molecular weight excluding hydrogens is 328 g/mol. The summed E-state index contributed by atoms with van der Waals surface area (Å²) >= 11 is 0. The largest absolute Gasteiger partial charge is 0.465 e. The number of carboxylic acid groups (broad SMARTS) is 1. The minimum absolute atomic E-state index is 0.106. The highest BCUT2D eigenvalue weighted by Gasteiger charge is 2.31. The first kappa shape index (κ1) is 16.7. The molecule has 1 saturated heterocycles. The van der Waals surface area contributed by atoms with Crippen LogP contribution in [0.3, 0.4) is 0 Å². The van der Waals surface area contributed by atoms with Gasteiger partial charge in [-0.15, -0.1) is 0 Å². The molecule has 26 heavy (non-hydrogen) atoms. The first-order chi connectivity index (χ1) is 12.7. The van der Waals surface area contributed by atoms with Gasteiger partial charge in [0.1, 0.15) is 11.3 Å². The van der Waals surface area contributed by atoms with E-state index in [-0.39, 0.29) is 6.04 Å². The highest BCUT2D eigenvalue weighted by atomic mass is 16.4. The van der Waals surface area contributed by atoms with Crippen molar-refractivity contribution in [3.8, 4) is 0 Å². The van der Waals surface area contributed by atoms with E-state index in [0.29, 0.717) is 19.5 Å². The van der Waals surface area contributed by atoms with Crippen LogP contribution in [-0.2, 0) is 13.0 Å². The lowest BCUT2D eigenvalue weighted by atomic mass is 10.1. The van der Waals surface area contributed by atoms with E-state index < -0.39 is 6.09 Å². The van der Waals surface area contributed by atoms with Crippen molar-refractivity contribution in [2.24, 2.45) is 0 Å². The first-order valence-electron chi connectivity index (χ1n) is 8.92. The molecule has 1 fully saturated rings. The van der Waals surface area contributed by atoms with Crippen LogP contribution in [-0.4, -0.2) is 46.7 Å². The Labute approximate surface area is 152 Å². The molecule has 1 aliphatic rings. The van der Waals surface area contributed by atoms with Gasteiger partial charge in [-0.3, -0.25) is 4.90 Å². The first-order valence-corrected chi connectivity index (χ1v) is 8.92. The lowest BCUT2D eigenvalue weighted by molar-refractivity contribution is 0.0628. The minimum Gasteiger partial charge on any atom is -0.465 e. The summed E-state index contributed by atoms with van der Waals surface area (Å²) in [5.41, 5.74) is 2.10. The number of fused-ring (bicyclic) bond motifs is 1. The Hall–Kier alpha value is -2.79. The molecule has 1 amide bonds. The molecule has 5 heteroatoms. The maximum Gasteiger partial charge on any atom is 0.407 e. The molecule has 4 rings (SSSR count). The Morgan fingerprint density at radius 2 is 1.85 bits per heavy atom. The topological polar surface area (TPSA) is 56.9 Å². The van der Waals surface area contributed by atoms with Crippen LogP contribution in [0.25, 0.3) is 11.0 Å². The standard InChI is InChI=1S/C21H22N2O3/c24-21(25)23-11-10-22(14-16-6-2-1-3-7-16)15-18(23)13-19-12-17-8-4-5-9-20(17)26-19/h1-9,12,18H,10-11,13-15H2,(H,24,25). The van der Waals surface area contributed by atoms with Gasteiger partial charge in [0.25, 0.3) is 0 Å². The number of piperazine rings is 1. The number of rotatable bonds is 4. The molecule has 134 valence electrons. The van der Waals surface area contributed by atoms with Gasteiger partial charge in [-0.05, 0) is 17.7 Å². The van der Waals surface area contributed by atoms with E-state index in [1.54, 1.807) is 4.90 Å². The van der Waals surface area contributed by atoms with Crippen molar-refractivity contribution in [2.45, 2.75) is 19.0 Å². The van der Waals surface area contributed by atoms with Crippen molar-refractivity contribution in [2.75, 3.05) is 19.6 Å². The Balaban J connectivity index is 1.50. The second kappa shape index (κ2) is 7.22. The van der Waals surface area contributed by atoms with Gasteiger partial charge in [0.05, 0.1) is 6.04 Å². The zero-order chi connectivity index (χ0) is 17.9. The van der Waals surface area contributed by atoms with Crippen LogP contribution in [0, 0.1) is 0 Å². The number of carbonyl (C=O) groups is 1. The van der Waals surface area contributed by atoms with Gasteiger partial charge in [-0.1, -0.05) is 48.5 Å². The fourth-order valence-corrected chi connectivity index (χ4v) is 3.70. The molecule has 2 aromatic carbocycles. The average molecular weight is 350 g/mol. The van der Waals surface area contributed by atoms with E-state index in [4.69, 9.17) is 4.42 Å². The highest BCUT2D eigenvalue weighted by molar-refractivity contribution is 5.77. The van der Waals surface area contributed by atoms with Crippen molar-refractivity contribution in [1.82, 2.24) is 9.80 Å². The maximum atomic E-state index is 11.7. The molecule has 1 unspecified atom stereocenters. The van der Waals surface area contributed by atoms with Crippen molar-refractivity contribution in [3.05, 3.63) is 72.0 Å². The SMILES string of the molecule is O=C(O)N1CCN(Cc2ccccc2)CC1Cc1cc2ccccc2o1. The monoisotopic (exact) mass is 350 g/mol. The van der Waals surface area contributed by atoms with Crippen LogP contribution >= 0.6 is 0 Å². The van der Waals surface area contributed by atoms with Crippen LogP contribution in [0.1, 0.15) is 11.3 Å². The predicted molar refractivity (Wildman–Crippen MR) is 100 cm³/mol. The average Bonchev–Trinajstić information content (AvgIpc) is 3.05. The number of benzene rings is 2. The van der Waals surface area contributed by atoms with E-state index in [0.717, 1.165) is 29.8 Å². The normalized spacial score (nSPS) is 18.3. The summed E-state index contributed by atoms with van der Waals surface area (Å²) in [6.07, 6.45) is -0.266. The summed E-state index contributed by atoms with van der Waals surface area (Å²) in [4.78, 5) is 15.5. The van der Waals surface area contributed by atoms with E-state index in [1.165, 1.54) is 5.56 Å². The third-order valence-corrected chi connectivity index (χ3v) is 4.97. The van der Waals surface area contributed by atoms with Gasteiger partial charge in [0.15, 0.2) is 0 Å². The molecule has 3 aromatic rings. The van der Waals surface area contributed by atoms with E-state index >= 15 is 0 Å². The Bertz CT molecular complexity index is 857. The van der Waals surface area contributed by atoms with Crippen molar-refractivity contribution < 1.29 is 14.3 Å². The van der Waals surface area contributed by atoms with Gasteiger partial charge in [-0.2, -0.15) is 0 Å². The second-order valence-electron chi connectivity index (χ2n) is 6.81. The molecule has 1 aromatic heterocycles. The zero-order valence-electron chi connectivity index (χ0n) is 14.5. The van der Waals surface area contributed by atoms with Crippen LogP contribution in [0.15, 0.2) is 65.1 Å². The lowest BCUT2D eigenvalue weighted by Crippen LogP contribution is -2.55. The number of para-hydroxylation sites is 1. The quantitative estimate of drug-likeness (QED) is 0.777. The molecule has 0 radical (unpaired) electrons. The number of hydrogen-bond acceptors (Lipinski definition) is 3. The fraction of sp³-hybridized carbons (Fsp3) is 0.286. The van der Waals surface area contributed by atoms with Gasteiger partial charge >= 0.3 is 6.09 Å². The summed E-state index contributed by atoms with van der Waals surface area (Å²) in [7, 11) is 0. The summed E-state index contributed by atoms with van der Waals surface area (Å²) in [6.45, 7) is 2.81. The number of nitrogens with zero attached hydrogens (tertiary/aromatic N) is 2. The summed E-state index contributed by atoms with van der Waals surface area (Å²) in [5.74, 6) is 0.837. The van der Waals surface area contributed by atoms with Gasteiger partial charge in [-0.25, -0.2) is 4.79 Å². The van der Waals surface area contributed by atoms with E-state index in [9.17, 15) is 9.90 Å². The maximum absolute atomic E-state index is 11.7. The van der Waals surface area contributed by atoms with Crippen LogP contribution in [0.2, 0.25) is 0 Å². The molecule has 0 saturated carbocycles. The van der Waals surface area contributed by atoms with Crippen LogP contribution in [0.4, 0.5) is 4.79 Å². The molecule has 5 nitrogen and oxygen atoms in total. The van der Waals surface area contributed by atoms with Gasteiger partial charge in [0, 0.05) is 38.0 Å². The summed E-state index contributed by atoms with van der Waals surface area (Å²) in [5, 5.41) is 10.6. The smallest absolute Gasteiger partial charge is 0.407 e. The van der Waals surface area contributed by atoms with Gasteiger partial charge in [0.2, 0.25) is 0 Å². The molecule has 0 bridgehead atoms. The van der Waals surface area contributed by atoms with Crippen molar-refractivity contribution in [1.29, 1.82) is 0 Å². The van der Waals surface area contributed by atoms with Crippen molar-refractivity contribution in [3.63, 3.8) is 0 Å². The predicted octanol–water partition coefficient (Wildman–Crippen LogP) is 3.84. The number of hydrogen-bond donors (Lipinski definition) is 1. The van der Waals surface area contributed by atoms with Crippen LogP contribution in [0.5, 0.6) is 0 Å². The fourth-order valence-electron chi connectivity index (χ4n) is 3.70. The molecule has 2 heterocycles. The summed E-state index contributed by atoms with van der Waals surface area (Å²) in [6, 6.07) is 20.1.